The SMILES string of the molecule is CN(C)c1ccc2scnc2c1.CSN1CCC(c2ccccc2)C1.NC(C=O)Cc1cc(F)cc(F)c1.NC=O. The molecule has 4 aromatic rings. The molecular formula is C30H37F2N5O2S2. The number of primary amides is 1. The molecule has 0 radical (unpaired) electrons. The van der Waals surface area contributed by atoms with Gasteiger partial charge in [0.2, 0.25) is 6.41 Å². The number of anilines is 1. The third kappa shape index (κ3) is 11.9. The van der Waals surface area contributed by atoms with Crippen molar-refractivity contribution in [2.45, 2.75) is 24.8 Å². The number of hydrogen-bond donors (Lipinski definition) is 2. The second kappa shape index (κ2) is 18.1. The van der Waals surface area contributed by atoms with Gasteiger partial charge in [-0.15, -0.1) is 11.3 Å². The van der Waals surface area contributed by atoms with Crippen molar-refractivity contribution in [2.75, 3.05) is 38.3 Å². The number of carbonyl (C=O) groups excluding carboxylic acids is 2. The van der Waals surface area contributed by atoms with Crippen LogP contribution in [0.4, 0.5) is 14.5 Å². The Morgan fingerprint density at radius 1 is 1.10 bits per heavy atom. The maximum absolute atomic E-state index is 12.6. The second-order valence-electron chi connectivity index (χ2n) is 9.28. The normalized spacial score (nSPS) is 14.8. The number of benzene rings is 3. The number of aldehydes is 1. The minimum Gasteiger partial charge on any atom is -0.378 e. The number of fused-ring (bicyclic) bond motifs is 1. The first-order chi connectivity index (χ1) is 19.7. The van der Waals surface area contributed by atoms with Crippen LogP contribution in [0.2, 0.25) is 0 Å². The van der Waals surface area contributed by atoms with Crippen LogP contribution in [-0.2, 0) is 16.0 Å². The summed E-state index contributed by atoms with van der Waals surface area (Å²) in [4.78, 5) is 25.1. The smallest absolute Gasteiger partial charge is 0.204 e. The number of thiazole rings is 1. The Morgan fingerprint density at radius 3 is 2.32 bits per heavy atom. The van der Waals surface area contributed by atoms with Gasteiger partial charge in [0.15, 0.2) is 0 Å². The van der Waals surface area contributed by atoms with Crippen molar-refractivity contribution < 1.29 is 18.4 Å². The molecular weight excluding hydrogens is 564 g/mol. The molecule has 1 saturated heterocycles. The van der Waals surface area contributed by atoms with Crippen molar-refractivity contribution in [2.24, 2.45) is 11.5 Å². The van der Waals surface area contributed by atoms with E-state index in [9.17, 15) is 13.6 Å². The van der Waals surface area contributed by atoms with Crippen LogP contribution >= 0.6 is 23.3 Å². The molecule has 5 rings (SSSR count). The summed E-state index contributed by atoms with van der Waals surface area (Å²) in [6.07, 6.45) is 4.42. The van der Waals surface area contributed by atoms with Crippen molar-refractivity contribution in [1.82, 2.24) is 9.29 Å². The van der Waals surface area contributed by atoms with E-state index in [1.807, 2.05) is 31.6 Å². The lowest BCUT2D eigenvalue weighted by atomic mass is 9.99. The predicted octanol–water partition coefficient (Wildman–Crippen LogP) is 5.25. The van der Waals surface area contributed by atoms with Gasteiger partial charge in [-0.25, -0.2) is 13.8 Å². The van der Waals surface area contributed by atoms with E-state index in [0.717, 1.165) is 29.6 Å². The topological polar surface area (TPSA) is 106 Å². The molecule has 2 heterocycles. The van der Waals surface area contributed by atoms with Crippen LogP contribution in [0, 0.1) is 11.6 Å². The number of rotatable bonds is 6. The molecule has 1 fully saturated rings. The highest BCUT2D eigenvalue weighted by Crippen LogP contribution is 2.29. The van der Waals surface area contributed by atoms with Gasteiger partial charge in [-0.2, -0.15) is 0 Å². The van der Waals surface area contributed by atoms with E-state index in [4.69, 9.17) is 10.5 Å². The van der Waals surface area contributed by atoms with Crippen molar-refractivity contribution in [3.63, 3.8) is 0 Å². The van der Waals surface area contributed by atoms with Crippen molar-refractivity contribution >= 4 is 51.9 Å². The zero-order valence-electron chi connectivity index (χ0n) is 23.5. The average molecular weight is 602 g/mol. The van der Waals surface area contributed by atoms with Gasteiger partial charge in [0.25, 0.3) is 0 Å². The molecule has 2 unspecified atom stereocenters. The van der Waals surface area contributed by atoms with E-state index < -0.39 is 17.7 Å². The van der Waals surface area contributed by atoms with E-state index in [1.54, 1.807) is 11.3 Å². The van der Waals surface area contributed by atoms with Crippen LogP contribution in [0.5, 0.6) is 0 Å². The molecule has 1 aromatic heterocycles. The number of nitrogens with zero attached hydrogens (tertiary/aromatic N) is 3. The third-order valence-electron chi connectivity index (χ3n) is 6.08. The summed E-state index contributed by atoms with van der Waals surface area (Å²) in [7, 11) is 4.07. The van der Waals surface area contributed by atoms with Crippen LogP contribution in [-0.4, -0.2) is 61.5 Å². The van der Waals surface area contributed by atoms with Crippen LogP contribution < -0.4 is 16.4 Å². The maximum Gasteiger partial charge on any atom is 0.204 e. The van der Waals surface area contributed by atoms with Gasteiger partial charge in [0.1, 0.15) is 17.9 Å². The summed E-state index contributed by atoms with van der Waals surface area (Å²) < 4.78 is 28.9. The molecule has 0 bridgehead atoms. The number of aromatic nitrogens is 1. The summed E-state index contributed by atoms with van der Waals surface area (Å²) in [5.74, 6) is -0.560. The van der Waals surface area contributed by atoms with Gasteiger partial charge in [-0.05, 0) is 66.5 Å². The van der Waals surface area contributed by atoms with E-state index in [1.165, 1.54) is 35.5 Å². The van der Waals surface area contributed by atoms with Crippen molar-refractivity contribution in [3.8, 4) is 0 Å². The fraction of sp³-hybridized carbons (Fsp3) is 0.300. The molecule has 0 saturated carbocycles. The summed E-state index contributed by atoms with van der Waals surface area (Å²) in [6.45, 7) is 2.45. The Kier molecular flexibility index (Phi) is 15.0. The summed E-state index contributed by atoms with van der Waals surface area (Å²) in [5.41, 5.74) is 15.5. The van der Waals surface area contributed by atoms with E-state index in [2.05, 4.69) is 74.7 Å². The summed E-state index contributed by atoms with van der Waals surface area (Å²) in [5, 5.41) is 0. The zero-order valence-corrected chi connectivity index (χ0v) is 25.1. The fourth-order valence-corrected chi connectivity index (χ4v) is 5.34. The lowest BCUT2D eigenvalue weighted by molar-refractivity contribution is -0.109. The molecule has 1 aliphatic rings. The third-order valence-corrected chi connectivity index (χ3v) is 7.74. The van der Waals surface area contributed by atoms with Gasteiger partial charge in [-0.1, -0.05) is 42.3 Å². The van der Waals surface area contributed by atoms with Crippen LogP contribution in [0.1, 0.15) is 23.5 Å². The molecule has 11 heteroatoms. The lowest BCUT2D eigenvalue weighted by Crippen LogP contribution is -2.24. The number of hydrogen-bond acceptors (Lipinski definition) is 8. The maximum atomic E-state index is 12.6. The zero-order chi connectivity index (χ0) is 30.2. The van der Waals surface area contributed by atoms with Crippen molar-refractivity contribution in [1.29, 1.82) is 0 Å². The van der Waals surface area contributed by atoms with E-state index in [-0.39, 0.29) is 12.8 Å². The Balaban J connectivity index is 0.000000205. The highest BCUT2D eigenvalue weighted by Gasteiger charge is 2.22. The average Bonchev–Trinajstić information content (AvgIpc) is 3.63. The first-order valence-corrected chi connectivity index (χ1v) is 14.9. The van der Waals surface area contributed by atoms with E-state index in [0.29, 0.717) is 11.8 Å². The molecule has 41 heavy (non-hydrogen) atoms. The quantitative estimate of drug-likeness (QED) is 0.230. The molecule has 2 atom stereocenters. The van der Waals surface area contributed by atoms with Gasteiger partial charge >= 0.3 is 0 Å². The molecule has 7 nitrogen and oxygen atoms in total. The number of amides is 1. The van der Waals surface area contributed by atoms with E-state index >= 15 is 0 Å². The van der Waals surface area contributed by atoms with Gasteiger partial charge in [0, 0.05) is 38.9 Å². The fourth-order valence-electron chi connectivity index (χ4n) is 4.06. The predicted molar refractivity (Wildman–Crippen MR) is 167 cm³/mol. The molecule has 0 spiro atoms. The molecule has 4 N–H and O–H groups in total. The number of carbonyl (C=O) groups is 2. The molecule has 1 amide bonds. The lowest BCUT2D eigenvalue weighted by Gasteiger charge is -2.11. The standard InChI is InChI=1S/C11H15NS.C9H9F2NO.C9H10N2S.CH3NO/c1-13-12-8-7-11(9-12)10-5-3-2-4-6-10;10-7-1-6(2-8(11)4-7)3-9(12)5-13;1-11(2)7-3-4-9-8(5-7)10-6-12-9;2-1-3/h2-6,11H,7-9H2,1H3;1-2,4-5,9H,3,12H2;3-6H,1-2H3;1H,(H2,2,3). The van der Waals surface area contributed by atoms with Crippen LogP contribution in [0.3, 0.4) is 0 Å². The second-order valence-corrected chi connectivity index (χ2v) is 11.1. The minimum atomic E-state index is -0.707. The van der Waals surface area contributed by atoms with Crippen LogP contribution in [0.25, 0.3) is 10.2 Å². The Labute approximate surface area is 248 Å². The first-order valence-electron chi connectivity index (χ1n) is 12.9. The summed E-state index contributed by atoms with van der Waals surface area (Å²) in [6, 6.07) is 19.6. The molecule has 3 aromatic carbocycles. The molecule has 0 aliphatic carbocycles. The summed E-state index contributed by atoms with van der Waals surface area (Å²) >= 11 is 3.54. The van der Waals surface area contributed by atoms with Gasteiger partial charge < -0.3 is 21.2 Å². The molecule has 1 aliphatic heterocycles. The molecule has 220 valence electrons. The number of nitrogens with two attached hydrogens (primary N) is 2. The van der Waals surface area contributed by atoms with Gasteiger partial charge in [0.05, 0.1) is 21.8 Å². The monoisotopic (exact) mass is 601 g/mol. The van der Waals surface area contributed by atoms with Crippen molar-refractivity contribution in [3.05, 3.63) is 95.0 Å². The Hall–Kier alpha value is -3.38. The Bertz CT molecular complexity index is 1320. The highest BCUT2D eigenvalue weighted by molar-refractivity contribution is 7.96. The minimum absolute atomic E-state index is 0.151. The van der Waals surface area contributed by atoms with Crippen LogP contribution in [0.15, 0.2) is 72.2 Å². The highest BCUT2D eigenvalue weighted by atomic mass is 32.2. The Morgan fingerprint density at radius 2 is 1.76 bits per heavy atom. The number of halogens is 2. The van der Waals surface area contributed by atoms with Gasteiger partial charge in [-0.3, -0.25) is 9.10 Å². The largest absolute Gasteiger partial charge is 0.378 e. The first kappa shape index (κ1) is 33.8.